The predicted molar refractivity (Wildman–Crippen MR) is 86.9 cm³/mol. The second kappa shape index (κ2) is 5.82. The largest absolute Gasteiger partial charge is 0.351 e. The monoisotopic (exact) mass is 313 g/mol. The van der Waals surface area contributed by atoms with Gasteiger partial charge in [0, 0.05) is 48.9 Å². The van der Waals surface area contributed by atoms with Crippen LogP contribution in [0.5, 0.6) is 0 Å². The number of carbonyl (C=O) groups excluding carboxylic acids is 1. The van der Waals surface area contributed by atoms with Crippen LogP contribution in [-0.2, 0) is 19.5 Å². The first-order valence-electron chi connectivity index (χ1n) is 7.83. The third-order valence-electron chi connectivity index (χ3n) is 4.30. The third-order valence-corrected chi connectivity index (χ3v) is 5.46. The number of aromatic nitrogens is 1. The summed E-state index contributed by atoms with van der Waals surface area (Å²) in [4.78, 5) is 21.3. The number of hydrogen-bond acceptors (Lipinski definition) is 4. The van der Waals surface area contributed by atoms with Gasteiger partial charge in [-0.25, -0.2) is 0 Å². The molecule has 0 radical (unpaired) electrons. The molecule has 1 aliphatic carbocycles. The first-order valence-corrected chi connectivity index (χ1v) is 8.65. The second-order valence-electron chi connectivity index (χ2n) is 6.02. The van der Waals surface area contributed by atoms with E-state index in [2.05, 4.69) is 21.3 Å². The van der Waals surface area contributed by atoms with Crippen LogP contribution in [0.4, 0.5) is 0 Å². The number of hydrogen-bond donors (Lipinski definition) is 1. The van der Waals surface area contributed by atoms with Crippen LogP contribution in [0.2, 0.25) is 0 Å². The van der Waals surface area contributed by atoms with Crippen molar-refractivity contribution >= 4 is 17.2 Å². The van der Waals surface area contributed by atoms with Crippen LogP contribution in [-0.4, -0.2) is 28.4 Å². The van der Waals surface area contributed by atoms with Gasteiger partial charge in [-0.2, -0.15) is 0 Å². The zero-order chi connectivity index (χ0) is 14.9. The highest BCUT2D eigenvalue weighted by molar-refractivity contribution is 7.14. The predicted octanol–water partition coefficient (Wildman–Crippen LogP) is 2.59. The fourth-order valence-electron chi connectivity index (χ4n) is 2.94. The Kier molecular flexibility index (Phi) is 3.68. The second-order valence-corrected chi connectivity index (χ2v) is 7.16. The highest BCUT2D eigenvalue weighted by atomic mass is 32.1. The van der Waals surface area contributed by atoms with Gasteiger partial charge in [-0.05, 0) is 36.6 Å². The standard InChI is InChI=1S/C17H19N3OS/c21-17(19-8-6-13-3-1-2-7-18-13)15-9-12-10-20(14-4-5-14)11-16(12)22-15/h1-3,7,9,14H,4-6,8,10-11H2,(H,19,21). The van der Waals surface area contributed by atoms with Crippen molar-refractivity contribution in [2.24, 2.45) is 0 Å². The van der Waals surface area contributed by atoms with Gasteiger partial charge in [-0.3, -0.25) is 14.7 Å². The Morgan fingerprint density at radius 3 is 3.00 bits per heavy atom. The molecule has 1 N–H and O–H groups in total. The zero-order valence-electron chi connectivity index (χ0n) is 12.4. The highest BCUT2D eigenvalue weighted by Gasteiger charge is 2.34. The first kappa shape index (κ1) is 13.9. The number of nitrogens with one attached hydrogen (secondary N) is 1. The van der Waals surface area contributed by atoms with Crippen molar-refractivity contribution in [3.8, 4) is 0 Å². The van der Waals surface area contributed by atoms with Crippen molar-refractivity contribution in [3.63, 3.8) is 0 Å². The maximum atomic E-state index is 12.2. The Hall–Kier alpha value is -1.72. The van der Waals surface area contributed by atoms with Crippen LogP contribution in [0.15, 0.2) is 30.5 Å². The SMILES string of the molecule is O=C(NCCc1ccccn1)c1cc2c(s1)CN(C1CC1)C2. The lowest BCUT2D eigenvalue weighted by Crippen LogP contribution is -2.25. The molecule has 114 valence electrons. The van der Waals surface area contributed by atoms with Gasteiger partial charge in [0.05, 0.1) is 4.88 Å². The molecule has 0 aromatic carbocycles. The number of thiophene rings is 1. The number of amides is 1. The van der Waals surface area contributed by atoms with Crippen LogP contribution < -0.4 is 5.32 Å². The minimum atomic E-state index is 0.0494. The summed E-state index contributed by atoms with van der Waals surface area (Å²) in [5.74, 6) is 0.0494. The number of carbonyl (C=O) groups is 1. The summed E-state index contributed by atoms with van der Waals surface area (Å²) in [6.45, 7) is 2.69. The average Bonchev–Trinajstić information content (AvgIpc) is 3.18. The van der Waals surface area contributed by atoms with Crippen LogP contribution in [0.1, 0.15) is 38.6 Å². The fourth-order valence-corrected chi connectivity index (χ4v) is 4.06. The van der Waals surface area contributed by atoms with Crippen LogP contribution in [0, 0.1) is 0 Å². The third kappa shape index (κ3) is 2.91. The van der Waals surface area contributed by atoms with Gasteiger partial charge in [0.2, 0.25) is 0 Å². The van der Waals surface area contributed by atoms with Gasteiger partial charge in [-0.15, -0.1) is 11.3 Å². The molecular formula is C17H19N3OS. The highest BCUT2D eigenvalue weighted by Crippen LogP contribution is 2.38. The molecule has 1 amide bonds. The lowest BCUT2D eigenvalue weighted by molar-refractivity contribution is 0.0958. The van der Waals surface area contributed by atoms with E-state index in [9.17, 15) is 4.79 Å². The number of nitrogens with zero attached hydrogens (tertiary/aromatic N) is 2. The molecule has 1 saturated carbocycles. The molecular weight excluding hydrogens is 294 g/mol. The maximum absolute atomic E-state index is 12.2. The minimum absolute atomic E-state index is 0.0494. The lowest BCUT2D eigenvalue weighted by atomic mass is 10.2. The molecule has 0 atom stereocenters. The summed E-state index contributed by atoms with van der Waals surface area (Å²) < 4.78 is 0. The summed E-state index contributed by atoms with van der Waals surface area (Å²) in [6, 6.07) is 8.74. The van der Waals surface area contributed by atoms with Gasteiger partial charge in [-0.1, -0.05) is 6.07 Å². The molecule has 0 bridgehead atoms. The normalized spacial score (nSPS) is 17.5. The smallest absolute Gasteiger partial charge is 0.261 e. The number of fused-ring (bicyclic) bond motifs is 1. The van der Waals surface area contributed by atoms with Gasteiger partial charge < -0.3 is 5.32 Å². The summed E-state index contributed by atoms with van der Waals surface area (Å²) in [6.07, 6.45) is 5.24. The number of rotatable bonds is 5. The molecule has 4 rings (SSSR count). The van der Waals surface area contributed by atoms with Crippen molar-refractivity contribution in [3.05, 3.63) is 51.5 Å². The first-order chi connectivity index (χ1) is 10.8. The zero-order valence-corrected chi connectivity index (χ0v) is 13.2. The van der Waals surface area contributed by atoms with Crippen molar-refractivity contribution in [2.75, 3.05) is 6.54 Å². The van der Waals surface area contributed by atoms with E-state index in [1.165, 1.54) is 23.3 Å². The van der Waals surface area contributed by atoms with Crippen LogP contribution in [0.25, 0.3) is 0 Å². The van der Waals surface area contributed by atoms with Crippen LogP contribution in [0.3, 0.4) is 0 Å². The quantitative estimate of drug-likeness (QED) is 0.923. The van der Waals surface area contributed by atoms with E-state index in [-0.39, 0.29) is 5.91 Å². The Bertz CT molecular complexity index is 655. The maximum Gasteiger partial charge on any atom is 0.261 e. The lowest BCUT2D eigenvalue weighted by Gasteiger charge is -2.12. The summed E-state index contributed by atoms with van der Waals surface area (Å²) >= 11 is 1.66. The van der Waals surface area contributed by atoms with Gasteiger partial charge in [0.15, 0.2) is 0 Å². The summed E-state index contributed by atoms with van der Waals surface area (Å²) in [5.41, 5.74) is 2.36. The van der Waals surface area contributed by atoms with Gasteiger partial charge in [0.1, 0.15) is 0 Å². The average molecular weight is 313 g/mol. The van der Waals surface area contributed by atoms with Gasteiger partial charge >= 0.3 is 0 Å². The van der Waals surface area contributed by atoms with E-state index >= 15 is 0 Å². The Morgan fingerprint density at radius 1 is 1.36 bits per heavy atom. The van der Waals surface area contributed by atoms with E-state index in [0.717, 1.165) is 36.1 Å². The molecule has 0 unspecified atom stereocenters. The molecule has 2 aromatic rings. The number of pyridine rings is 1. The molecule has 2 aromatic heterocycles. The molecule has 5 heteroatoms. The molecule has 1 fully saturated rings. The topological polar surface area (TPSA) is 45.2 Å². The van der Waals surface area contributed by atoms with E-state index in [4.69, 9.17) is 0 Å². The van der Waals surface area contributed by atoms with E-state index in [1.807, 2.05) is 18.2 Å². The van der Waals surface area contributed by atoms with E-state index in [0.29, 0.717) is 6.54 Å². The van der Waals surface area contributed by atoms with Gasteiger partial charge in [0.25, 0.3) is 5.91 Å². The van der Waals surface area contributed by atoms with Crippen molar-refractivity contribution in [1.29, 1.82) is 0 Å². The van der Waals surface area contributed by atoms with Crippen molar-refractivity contribution < 1.29 is 4.79 Å². The molecule has 0 spiro atoms. The molecule has 22 heavy (non-hydrogen) atoms. The summed E-state index contributed by atoms with van der Waals surface area (Å²) in [7, 11) is 0. The molecule has 2 aliphatic rings. The minimum Gasteiger partial charge on any atom is -0.351 e. The molecule has 1 aliphatic heterocycles. The fraction of sp³-hybridized carbons (Fsp3) is 0.412. The van der Waals surface area contributed by atoms with Crippen molar-refractivity contribution in [2.45, 2.75) is 38.4 Å². The Balaban J connectivity index is 1.31. The van der Waals surface area contributed by atoms with Crippen molar-refractivity contribution in [1.82, 2.24) is 15.2 Å². The molecule has 0 saturated heterocycles. The molecule has 3 heterocycles. The molecule has 4 nitrogen and oxygen atoms in total. The Morgan fingerprint density at radius 2 is 2.27 bits per heavy atom. The van der Waals surface area contributed by atoms with E-state index < -0.39 is 0 Å². The van der Waals surface area contributed by atoms with Crippen LogP contribution >= 0.6 is 11.3 Å². The Labute approximate surface area is 134 Å². The van der Waals surface area contributed by atoms with E-state index in [1.54, 1.807) is 17.5 Å². The summed E-state index contributed by atoms with van der Waals surface area (Å²) in [5, 5.41) is 3.00.